The fraction of sp³-hybridized carbons (Fsp3) is 0.316. The van der Waals surface area contributed by atoms with Gasteiger partial charge in [0.1, 0.15) is 5.75 Å². The molecule has 4 rings (SSSR count). The summed E-state index contributed by atoms with van der Waals surface area (Å²) in [5.41, 5.74) is 5.34. The first-order valence-corrected chi connectivity index (χ1v) is 7.95. The smallest absolute Gasteiger partial charge is 0.258 e. The molecule has 2 aliphatic heterocycles. The van der Waals surface area contributed by atoms with Gasteiger partial charge in [0.2, 0.25) is 0 Å². The first-order valence-electron chi connectivity index (χ1n) is 7.95. The van der Waals surface area contributed by atoms with Crippen molar-refractivity contribution in [2.75, 3.05) is 11.5 Å². The van der Waals surface area contributed by atoms with E-state index in [4.69, 9.17) is 4.74 Å². The number of carbonyl (C=O) groups excluding carboxylic acids is 1. The molecule has 0 aliphatic carbocycles. The number of ether oxygens (including phenoxy) is 1. The van der Waals surface area contributed by atoms with Crippen molar-refractivity contribution < 1.29 is 9.53 Å². The Bertz CT molecular complexity index is 734. The van der Waals surface area contributed by atoms with Crippen molar-refractivity contribution in [1.29, 1.82) is 0 Å². The number of carbonyl (C=O) groups is 1. The molecule has 0 fully saturated rings. The molecule has 2 aromatic rings. The lowest BCUT2D eigenvalue weighted by atomic mass is 10.0. The second-order valence-corrected chi connectivity index (χ2v) is 5.98. The van der Waals surface area contributed by atoms with Crippen LogP contribution in [0.3, 0.4) is 0 Å². The molecule has 0 radical (unpaired) electrons. The summed E-state index contributed by atoms with van der Waals surface area (Å²) in [6.45, 7) is 3.55. The molecule has 2 heterocycles. The lowest BCUT2D eigenvalue weighted by Gasteiger charge is -2.17. The van der Waals surface area contributed by atoms with E-state index in [1.54, 1.807) is 0 Å². The number of aryl methyl sites for hydroxylation is 2. The first kappa shape index (κ1) is 13.4. The highest BCUT2D eigenvalue weighted by molar-refractivity contribution is 6.10. The van der Waals surface area contributed by atoms with Crippen LogP contribution in [-0.4, -0.2) is 12.5 Å². The summed E-state index contributed by atoms with van der Waals surface area (Å²) in [5.74, 6) is 1.06. The van der Waals surface area contributed by atoms with E-state index in [1.807, 2.05) is 23.1 Å². The van der Waals surface area contributed by atoms with Gasteiger partial charge in [-0.15, -0.1) is 0 Å². The van der Waals surface area contributed by atoms with E-state index >= 15 is 0 Å². The number of nitrogens with zero attached hydrogens (tertiary/aromatic N) is 1. The SMILES string of the molecule is CCc1ccc(N2Cc3cc4c(cc3C2=O)CCCO4)cc1. The normalized spacial score (nSPS) is 16.2. The molecule has 112 valence electrons. The van der Waals surface area contributed by atoms with Crippen LogP contribution in [0.5, 0.6) is 5.75 Å². The Morgan fingerprint density at radius 3 is 2.73 bits per heavy atom. The number of fused-ring (bicyclic) bond motifs is 2. The molecule has 1 amide bonds. The van der Waals surface area contributed by atoms with Crippen LogP contribution in [0.2, 0.25) is 0 Å². The van der Waals surface area contributed by atoms with Gasteiger partial charge in [-0.05, 0) is 60.2 Å². The molecule has 2 aromatic carbocycles. The molecular weight excluding hydrogens is 274 g/mol. The molecule has 3 nitrogen and oxygen atoms in total. The van der Waals surface area contributed by atoms with Crippen molar-refractivity contribution >= 4 is 11.6 Å². The van der Waals surface area contributed by atoms with Crippen molar-refractivity contribution in [1.82, 2.24) is 0 Å². The lowest BCUT2D eigenvalue weighted by Crippen LogP contribution is -2.22. The summed E-state index contributed by atoms with van der Waals surface area (Å²) in [7, 11) is 0. The fourth-order valence-corrected chi connectivity index (χ4v) is 3.28. The van der Waals surface area contributed by atoms with Crippen molar-refractivity contribution in [2.45, 2.75) is 32.7 Å². The van der Waals surface area contributed by atoms with Gasteiger partial charge in [0.15, 0.2) is 0 Å². The molecule has 0 bridgehead atoms. The van der Waals surface area contributed by atoms with Crippen molar-refractivity contribution in [3.05, 3.63) is 58.7 Å². The van der Waals surface area contributed by atoms with Gasteiger partial charge in [0, 0.05) is 11.3 Å². The van der Waals surface area contributed by atoms with E-state index in [0.29, 0.717) is 6.54 Å². The Labute approximate surface area is 130 Å². The van der Waals surface area contributed by atoms with Crippen LogP contribution in [0, 0.1) is 0 Å². The lowest BCUT2D eigenvalue weighted by molar-refractivity contribution is 0.0996. The molecular formula is C19H19NO2. The van der Waals surface area contributed by atoms with Gasteiger partial charge >= 0.3 is 0 Å². The highest BCUT2D eigenvalue weighted by Crippen LogP contribution is 2.35. The summed E-state index contributed by atoms with van der Waals surface area (Å²) < 4.78 is 5.73. The largest absolute Gasteiger partial charge is 0.493 e. The summed E-state index contributed by atoms with van der Waals surface area (Å²) in [6.07, 6.45) is 3.04. The third kappa shape index (κ3) is 2.08. The number of amides is 1. The van der Waals surface area contributed by atoms with E-state index in [1.165, 1.54) is 11.1 Å². The van der Waals surface area contributed by atoms with Crippen LogP contribution in [0.15, 0.2) is 36.4 Å². The molecule has 2 aliphatic rings. The second kappa shape index (κ2) is 5.16. The fourth-order valence-electron chi connectivity index (χ4n) is 3.28. The highest BCUT2D eigenvalue weighted by atomic mass is 16.5. The van der Waals surface area contributed by atoms with Crippen LogP contribution in [0.25, 0.3) is 0 Å². The maximum absolute atomic E-state index is 12.7. The average molecular weight is 293 g/mol. The maximum Gasteiger partial charge on any atom is 0.258 e. The summed E-state index contributed by atoms with van der Waals surface area (Å²) in [4.78, 5) is 14.6. The standard InChI is InChI=1S/C19H19NO2/c1-2-13-5-7-16(8-6-13)20-12-15-11-18-14(4-3-9-22-18)10-17(15)19(20)21/h5-8,10-11H,2-4,9,12H2,1H3. The van der Waals surface area contributed by atoms with Crippen molar-refractivity contribution in [3.63, 3.8) is 0 Å². The Balaban J connectivity index is 1.68. The Hall–Kier alpha value is -2.29. The molecule has 22 heavy (non-hydrogen) atoms. The third-order valence-corrected chi connectivity index (χ3v) is 4.59. The maximum atomic E-state index is 12.7. The van der Waals surface area contributed by atoms with Crippen LogP contribution >= 0.6 is 0 Å². The Morgan fingerprint density at radius 1 is 1.14 bits per heavy atom. The third-order valence-electron chi connectivity index (χ3n) is 4.59. The van der Waals surface area contributed by atoms with Gasteiger partial charge in [-0.3, -0.25) is 4.79 Å². The molecule has 0 saturated heterocycles. The van der Waals surface area contributed by atoms with Gasteiger partial charge in [-0.2, -0.15) is 0 Å². The van der Waals surface area contributed by atoms with E-state index in [-0.39, 0.29) is 5.91 Å². The molecule has 0 saturated carbocycles. The number of benzene rings is 2. The molecule has 0 atom stereocenters. The Kier molecular flexibility index (Phi) is 3.14. The molecule has 0 spiro atoms. The van der Waals surface area contributed by atoms with E-state index < -0.39 is 0 Å². The zero-order valence-electron chi connectivity index (χ0n) is 12.8. The van der Waals surface area contributed by atoms with Crippen molar-refractivity contribution in [2.24, 2.45) is 0 Å². The van der Waals surface area contributed by atoms with E-state index in [0.717, 1.165) is 48.4 Å². The minimum Gasteiger partial charge on any atom is -0.493 e. The average Bonchev–Trinajstić information content (AvgIpc) is 2.89. The highest BCUT2D eigenvalue weighted by Gasteiger charge is 2.30. The number of anilines is 1. The summed E-state index contributed by atoms with van der Waals surface area (Å²) >= 11 is 0. The van der Waals surface area contributed by atoms with Crippen LogP contribution in [0.4, 0.5) is 5.69 Å². The molecule has 3 heteroatoms. The van der Waals surface area contributed by atoms with Gasteiger partial charge in [0.05, 0.1) is 13.2 Å². The number of hydrogen-bond acceptors (Lipinski definition) is 2. The van der Waals surface area contributed by atoms with Crippen LogP contribution < -0.4 is 9.64 Å². The van der Waals surface area contributed by atoms with Gasteiger partial charge in [-0.25, -0.2) is 0 Å². The first-order chi connectivity index (χ1) is 10.8. The van der Waals surface area contributed by atoms with Gasteiger partial charge in [-0.1, -0.05) is 19.1 Å². The zero-order valence-corrected chi connectivity index (χ0v) is 12.8. The Morgan fingerprint density at radius 2 is 1.95 bits per heavy atom. The molecule has 0 N–H and O–H groups in total. The summed E-state index contributed by atoms with van der Waals surface area (Å²) in [6, 6.07) is 12.4. The zero-order chi connectivity index (χ0) is 15.1. The quantitative estimate of drug-likeness (QED) is 0.844. The summed E-state index contributed by atoms with van der Waals surface area (Å²) in [5, 5.41) is 0. The molecule has 0 unspecified atom stereocenters. The van der Waals surface area contributed by atoms with Gasteiger partial charge < -0.3 is 9.64 Å². The minimum atomic E-state index is 0.104. The van der Waals surface area contributed by atoms with Gasteiger partial charge in [0.25, 0.3) is 5.91 Å². The van der Waals surface area contributed by atoms with E-state index in [2.05, 4.69) is 25.1 Å². The monoisotopic (exact) mass is 293 g/mol. The molecule has 0 aromatic heterocycles. The minimum absolute atomic E-state index is 0.104. The van der Waals surface area contributed by atoms with E-state index in [9.17, 15) is 4.79 Å². The second-order valence-electron chi connectivity index (χ2n) is 5.98. The van der Waals surface area contributed by atoms with Crippen LogP contribution in [-0.2, 0) is 19.4 Å². The number of rotatable bonds is 2. The predicted octanol–water partition coefficient (Wildman–Crippen LogP) is 3.73. The predicted molar refractivity (Wildman–Crippen MR) is 86.6 cm³/mol. The topological polar surface area (TPSA) is 29.5 Å². The number of hydrogen-bond donors (Lipinski definition) is 0. The van der Waals surface area contributed by atoms with Crippen molar-refractivity contribution in [3.8, 4) is 5.75 Å². The van der Waals surface area contributed by atoms with Crippen LogP contribution in [0.1, 0.15) is 40.4 Å².